The number of hydrogen-bond acceptors (Lipinski definition) is 4. The van der Waals surface area contributed by atoms with E-state index in [0.29, 0.717) is 17.2 Å². The fraction of sp³-hybridized carbons (Fsp3) is 0.200. The smallest absolute Gasteiger partial charge is 0.268 e. The molecule has 1 unspecified atom stereocenters. The van der Waals surface area contributed by atoms with Gasteiger partial charge in [-0.05, 0) is 43.7 Å². The number of aromatic nitrogens is 2. The van der Waals surface area contributed by atoms with Crippen molar-refractivity contribution in [2.24, 2.45) is 5.10 Å². The Balaban J connectivity index is 1.51. The van der Waals surface area contributed by atoms with Gasteiger partial charge in [0.15, 0.2) is 11.5 Å². The second kappa shape index (κ2) is 5.61. The zero-order valence-corrected chi connectivity index (χ0v) is 15.1. The van der Waals surface area contributed by atoms with Crippen LogP contribution in [-0.4, -0.2) is 15.9 Å². The van der Waals surface area contributed by atoms with Gasteiger partial charge in [0.25, 0.3) is 6.29 Å². The Morgan fingerprint density at radius 2 is 1.92 bits per heavy atom. The van der Waals surface area contributed by atoms with Crippen molar-refractivity contribution in [3.05, 3.63) is 75.3 Å². The highest BCUT2D eigenvalue weighted by Gasteiger charge is 2.28. The van der Waals surface area contributed by atoms with Crippen LogP contribution in [0, 0.1) is 13.8 Å². The van der Waals surface area contributed by atoms with Crippen molar-refractivity contribution in [1.82, 2.24) is 9.66 Å². The van der Waals surface area contributed by atoms with Gasteiger partial charge in [-0.15, -0.1) is 0 Å². The fourth-order valence-electron chi connectivity index (χ4n) is 3.35. The minimum Gasteiger partial charge on any atom is -0.447 e. The normalized spacial score (nSPS) is 17.0. The molecule has 2 aliphatic heterocycles. The first-order chi connectivity index (χ1) is 12.6. The van der Waals surface area contributed by atoms with E-state index >= 15 is 0 Å². The Bertz CT molecular complexity index is 1070. The molecule has 3 heterocycles. The number of rotatable bonds is 1. The number of benzene rings is 2. The van der Waals surface area contributed by atoms with Crippen molar-refractivity contribution in [1.29, 1.82) is 0 Å². The highest BCUT2D eigenvalue weighted by atomic mass is 35.5. The van der Waals surface area contributed by atoms with E-state index in [1.54, 1.807) is 0 Å². The van der Waals surface area contributed by atoms with E-state index in [-0.39, 0.29) is 0 Å². The largest absolute Gasteiger partial charge is 0.447 e. The lowest BCUT2D eigenvalue weighted by Gasteiger charge is -2.10. The predicted molar refractivity (Wildman–Crippen MR) is 99.4 cm³/mol. The summed E-state index contributed by atoms with van der Waals surface area (Å²) in [5.41, 5.74) is 5.08. The number of imidazole rings is 1. The number of fused-ring (bicyclic) bond motifs is 3. The molecule has 0 saturated heterocycles. The van der Waals surface area contributed by atoms with Gasteiger partial charge in [0, 0.05) is 22.6 Å². The summed E-state index contributed by atoms with van der Waals surface area (Å²) in [6.45, 7) is 4.03. The van der Waals surface area contributed by atoms with E-state index in [1.807, 2.05) is 61.1 Å². The molecule has 2 aromatic carbocycles. The molecule has 0 N–H and O–H groups in total. The Morgan fingerprint density at radius 1 is 1.12 bits per heavy atom. The lowest BCUT2D eigenvalue weighted by molar-refractivity contribution is 0.0487. The van der Waals surface area contributed by atoms with Gasteiger partial charge in [-0.3, -0.25) is 0 Å². The van der Waals surface area contributed by atoms with Crippen molar-refractivity contribution in [2.45, 2.75) is 26.6 Å². The Labute approximate surface area is 155 Å². The molecule has 26 heavy (non-hydrogen) atoms. The molecule has 0 bridgehead atoms. The Morgan fingerprint density at radius 3 is 2.73 bits per heavy atom. The van der Waals surface area contributed by atoms with E-state index in [4.69, 9.17) is 21.1 Å². The second-order valence-electron chi connectivity index (χ2n) is 6.55. The Kier molecular flexibility index (Phi) is 3.34. The van der Waals surface area contributed by atoms with Crippen LogP contribution in [0.15, 0.2) is 41.5 Å². The SMILES string of the molecule is Cc1nc2n(c1C)N=Cc1cc3c(cc1C2)OC(c1cccc(Cl)c1)O3. The molecular weight excluding hydrogens is 350 g/mol. The quantitative estimate of drug-likeness (QED) is 0.502. The van der Waals surface area contributed by atoms with Crippen LogP contribution >= 0.6 is 11.6 Å². The molecule has 5 nitrogen and oxygen atoms in total. The second-order valence-corrected chi connectivity index (χ2v) is 6.99. The molecular formula is C20H16ClN3O2. The van der Waals surface area contributed by atoms with Crippen molar-refractivity contribution in [3.8, 4) is 11.5 Å². The maximum atomic E-state index is 6.08. The third-order valence-corrected chi connectivity index (χ3v) is 5.07. The molecule has 3 aromatic rings. The van der Waals surface area contributed by atoms with E-state index < -0.39 is 6.29 Å². The van der Waals surface area contributed by atoms with Gasteiger partial charge in [0.05, 0.1) is 17.6 Å². The molecule has 0 radical (unpaired) electrons. The summed E-state index contributed by atoms with van der Waals surface area (Å²) in [7, 11) is 0. The number of halogens is 1. The number of ether oxygens (including phenoxy) is 2. The maximum Gasteiger partial charge on any atom is 0.268 e. The number of nitrogens with zero attached hydrogens (tertiary/aromatic N) is 3. The molecule has 0 amide bonds. The molecule has 1 atom stereocenters. The maximum absolute atomic E-state index is 6.08. The van der Waals surface area contributed by atoms with Crippen molar-refractivity contribution in [2.75, 3.05) is 0 Å². The Hall–Kier alpha value is -2.79. The lowest BCUT2D eigenvalue weighted by Crippen LogP contribution is -2.07. The molecule has 2 aliphatic rings. The zero-order valence-electron chi connectivity index (χ0n) is 14.4. The third kappa shape index (κ3) is 2.39. The van der Waals surface area contributed by atoms with Crippen LogP contribution in [0.5, 0.6) is 11.5 Å². The molecule has 0 saturated carbocycles. The first-order valence-electron chi connectivity index (χ1n) is 8.43. The van der Waals surface area contributed by atoms with Gasteiger partial charge in [0.2, 0.25) is 0 Å². The fourth-order valence-corrected chi connectivity index (χ4v) is 3.54. The van der Waals surface area contributed by atoms with Gasteiger partial charge >= 0.3 is 0 Å². The molecule has 0 spiro atoms. The summed E-state index contributed by atoms with van der Waals surface area (Å²) in [4.78, 5) is 4.64. The number of hydrogen-bond donors (Lipinski definition) is 0. The van der Waals surface area contributed by atoms with Gasteiger partial charge in [-0.2, -0.15) is 5.10 Å². The highest BCUT2D eigenvalue weighted by Crippen LogP contribution is 2.42. The molecule has 0 fully saturated rings. The van der Waals surface area contributed by atoms with Gasteiger partial charge in [-0.25, -0.2) is 9.66 Å². The highest BCUT2D eigenvalue weighted by molar-refractivity contribution is 6.30. The van der Waals surface area contributed by atoms with Crippen molar-refractivity contribution < 1.29 is 9.47 Å². The molecule has 6 heteroatoms. The predicted octanol–water partition coefficient (Wildman–Crippen LogP) is 4.41. The van der Waals surface area contributed by atoms with Crippen LogP contribution in [0.25, 0.3) is 0 Å². The minimum atomic E-state index is -0.488. The molecule has 130 valence electrons. The van der Waals surface area contributed by atoms with Crippen LogP contribution in [-0.2, 0) is 6.42 Å². The monoisotopic (exact) mass is 365 g/mol. The van der Waals surface area contributed by atoms with E-state index in [2.05, 4.69) is 10.1 Å². The number of aryl methyl sites for hydroxylation is 1. The third-order valence-electron chi connectivity index (χ3n) is 4.84. The summed E-state index contributed by atoms with van der Waals surface area (Å²) in [6, 6.07) is 11.5. The first-order valence-corrected chi connectivity index (χ1v) is 8.81. The minimum absolute atomic E-state index is 0.488. The zero-order chi connectivity index (χ0) is 17.8. The average molecular weight is 366 g/mol. The average Bonchev–Trinajstić information content (AvgIpc) is 3.08. The summed E-state index contributed by atoms with van der Waals surface area (Å²) in [6.07, 6.45) is 2.07. The van der Waals surface area contributed by atoms with Crippen LogP contribution in [0.3, 0.4) is 0 Å². The van der Waals surface area contributed by atoms with Gasteiger partial charge in [-0.1, -0.05) is 23.7 Å². The van der Waals surface area contributed by atoms with E-state index in [1.165, 1.54) is 0 Å². The van der Waals surface area contributed by atoms with Crippen LogP contribution < -0.4 is 9.47 Å². The van der Waals surface area contributed by atoms with E-state index in [9.17, 15) is 0 Å². The van der Waals surface area contributed by atoms with Crippen molar-refractivity contribution >= 4 is 17.8 Å². The van der Waals surface area contributed by atoms with Gasteiger partial charge < -0.3 is 9.47 Å². The standard InChI is InChI=1S/C20H16ClN3O2/c1-11-12(2)24-19(23-11)9-14-7-17-18(8-15(14)10-22-24)26-20(25-17)13-4-3-5-16(21)6-13/h3-8,10,20H,9H2,1-2H3. The molecule has 0 aliphatic carbocycles. The summed E-state index contributed by atoms with van der Waals surface area (Å²) >= 11 is 6.08. The van der Waals surface area contributed by atoms with E-state index in [0.717, 1.165) is 39.7 Å². The summed E-state index contributed by atoms with van der Waals surface area (Å²) in [5, 5.41) is 5.24. The van der Waals surface area contributed by atoms with Crippen LogP contribution in [0.1, 0.15) is 40.2 Å². The lowest BCUT2D eigenvalue weighted by atomic mass is 10.0. The topological polar surface area (TPSA) is 48.6 Å². The van der Waals surface area contributed by atoms with Crippen LogP contribution in [0.2, 0.25) is 5.02 Å². The van der Waals surface area contributed by atoms with Crippen LogP contribution in [0.4, 0.5) is 0 Å². The van der Waals surface area contributed by atoms with Gasteiger partial charge in [0.1, 0.15) is 5.82 Å². The first kappa shape index (κ1) is 15.5. The summed E-state index contributed by atoms with van der Waals surface area (Å²) in [5.74, 6) is 2.38. The molecule has 1 aromatic heterocycles. The molecule has 5 rings (SSSR count). The summed E-state index contributed by atoms with van der Waals surface area (Å²) < 4.78 is 13.9. The van der Waals surface area contributed by atoms with Crippen molar-refractivity contribution in [3.63, 3.8) is 0 Å².